The van der Waals surface area contributed by atoms with Crippen LogP contribution in [0.1, 0.15) is 37.5 Å². The fourth-order valence-corrected chi connectivity index (χ4v) is 3.82. The number of ketones is 2. The Hall–Kier alpha value is -4.12. The zero-order valence-electron chi connectivity index (χ0n) is 16.9. The summed E-state index contributed by atoms with van der Waals surface area (Å²) in [4.78, 5) is 26.4. The molecular formula is C26H19NO4. The molecule has 3 heterocycles. The number of pyridine rings is 1. The van der Waals surface area contributed by atoms with Crippen molar-refractivity contribution in [3.05, 3.63) is 107 Å². The number of carbonyl (C=O) groups excluding carboxylic acids is 2. The van der Waals surface area contributed by atoms with E-state index in [1.807, 2.05) is 72.1 Å². The maximum atomic E-state index is 13.3. The van der Waals surface area contributed by atoms with E-state index in [0.29, 0.717) is 33.9 Å². The van der Waals surface area contributed by atoms with Crippen LogP contribution in [-0.4, -0.2) is 22.8 Å². The molecule has 5 heteroatoms. The van der Waals surface area contributed by atoms with Crippen molar-refractivity contribution in [3.63, 3.8) is 0 Å². The molecule has 1 aliphatic heterocycles. The Labute approximate surface area is 179 Å². The van der Waals surface area contributed by atoms with Crippen molar-refractivity contribution >= 4 is 23.2 Å². The molecule has 2 aromatic carbocycles. The number of ether oxygens (including phenoxy) is 2. The SMILES string of the molecule is Cc1c(C(=O)/C=C/c2ccc3c(c2)OCO3)cc2cccn2c1C(=O)c1ccccc1. The van der Waals surface area contributed by atoms with E-state index in [1.165, 1.54) is 6.08 Å². The van der Waals surface area contributed by atoms with Crippen LogP contribution in [0.5, 0.6) is 11.5 Å². The molecular weight excluding hydrogens is 390 g/mol. The highest BCUT2D eigenvalue weighted by Crippen LogP contribution is 2.33. The smallest absolute Gasteiger partial charge is 0.231 e. The Morgan fingerprint density at radius 2 is 1.74 bits per heavy atom. The van der Waals surface area contributed by atoms with Crippen LogP contribution < -0.4 is 9.47 Å². The van der Waals surface area contributed by atoms with E-state index < -0.39 is 0 Å². The van der Waals surface area contributed by atoms with Crippen molar-refractivity contribution < 1.29 is 19.1 Å². The lowest BCUT2D eigenvalue weighted by Crippen LogP contribution is -2.13. The van der Waals surface area contributed by atoms with E-state index in [1.54, 1.807) is 18.2 Å². The molecule has 5 rings (SSSR count). The molecule has 152 valence electrons. The number of hydrogen-bond donors (Lipinski definition) is 0. The fraction of sp³-hybridized carbons (Fsp3) is 0.0769. The lowest BCUT2D eigenvalue weighted by Gasteiger charge is -2.13. The minimum atomic E-state index is -0.166. The fourth-order valence-electron chi connectivity index (χ4n) is 3.82. The largest absolute Gasteiger partial charge is 0.454 e. The molecule has 31 heavy (non-hydrogen) atoms. The van der Waals surface area contributed by atoms with Gasteiger partial charge >= 0.3 is 0 Å². The van der Waals surface area contributed by atoms with Gasteiger partial charge in [0.2, 0.25) is 12.6 Å². The van der Waals surface area contributed by atoms with Crippen LogP contribution in [0.2, 0.25) is 0 Å². The van der Waals surface area contributed by atoms with Crippen LogP contribution in [0.25, 0.3) is 11.6 Å². The second kappa shape index (κ2) is 7.61. The van der Waals surface area contributed by atoms with Gasteiger partial charge < -0.3 is 13.9 Å². The van der Waals surface area contributed by atoms with Crippen molar-refractivity contribution in [1.29, 1.82) is 0 Å². The zero-order chi connectivity index (χ0) is 21.4. The first-order chi connectivity index (χ1) is 15.1. The molecule has 0 amide bonds. The van der Waals surface area contributed by atoms with Gasteiger partial charge in [-0.3, -0.25) is 9.59 Å². The molecule has 4 aromatic rings. The van der Waals surface area contributed by atoms with Crippen LogP contribution >= 0.6 is 0 Å². The second-order valence-corrected chi connectivity index (χ2v) is 7.34. The Balaban J connectivity index is 1.53. The maximum Gasteiger partial charge on any atom is 0.231 e. The number of hydrogen-bond acceptors (Lipinski definition) is 4. The normalized spacial score (nSPS) is 12.5. The summed E-state index contributed by atoms with van der Waals surface area (Å²) in [6.45, 7) is 2.02. The topological polar surface area (TPSA) is 57.0 Å². The Morgan fingerprint density at radius 3 is 2.58 bits per heavy atom. The number of rotatable bonds is 5. The standard InChI is InChI=1S/C26H19NO4/c1-17-21(22(28)11-9-18-10-12-23-24(14-18)31-16-30-23)15-20-8-5-13-27(20)25(17)26(29)19-6-3-2-4-7-19/h2-15H,16H2,1H3/b11-9+. The van der Waals surface area contributed by atoms with Gasteiger partial charge in [-0.15, -0.1) is 0 Å². The molecule has 0 saturated heterocycles. The van der Waals surface area contributed by atoms with Gasteiger partial charge in [-0.25, -0.2) is 0 Å². The van der Waals surface area contributed by atoms with Gasteiger partial charge in [0.1, 0.15) is 0 Å². The summed E-state index contributed by atoms with van der Waals surface area (Å²) in [6, 6.07) is 20.2. The first kappa shape index (κ1) is 18.9. The van der Waals surface area contributed by atoms with Crippen LogP contribution in [0, 0.1) is 6.92 Å². The number of benzene rings is 2. The van der Waals surface area contributed by atoms with Crippen molar-refractivity contribution in [2.45, 2.75) is 6.92 Å². The van der Waals surface area contributed by atoms with Gasteiger partial charge in [-0.2, -0.15) is 0 Å². The third-order valence-corrected chi connectivity index (χ3v) is 5.41. The molecule has 1 aliphatic rings. The number of fused-ring (bicyclic) bond motifs is 2. The third kappa shape index (κ3) is 3.40. The molecule has 0 radical (unpaired) electrons. The van der Waals surface area contributed by atoms with Crippen molar-refractivity contribution in [3.8, 4) is 11.5 Å². The summed E-state index contributed by atoms with van der Waals surface area (Å²) in [5, 5.41) is 0. The van der Waals surface area contributed by atoms with Crippen LogP contribution in [-0.2, 0) is 0 Å². The summed E-state index contributed by atoms with van der Waals surface area (Å²) in [6.07, 6.45) is 5.11. The summed E-state index contributed by atoms with van der Waals surface area (Å²) >= 11 is 0. The highest BCUT2D eigenvalue weighted by atomic mass is 16.7. The predicted molar refractivity (Wildman–Crippen MR) is 118 cm³/mol. The van der Waals surface area contributed by atoms with Crippen LogP contribution in [0.3, 0.4) is 0 Å². The summed E-state index contributed by atoms with van der Waals surface area (Å²) in [7, 11) is 0. The minimum Gasteiger partial charge on any atom is -0.454 e. The lowest BCUT2D eigenvalue weighted by atomic mass is 9.97. The lowest BCUT2D eigenvalue weighted by molar-refractivity contribution is 0.103. The predicted octanol–water partition coefficient (Wildman–Crippen LogP) is 5.10. The van der Waals surface area contributed by atoms with Gasteiger partial charge in [0.25, 0.3) is 0 Å². The second-order valence-electron chi connectivity index (χ2n) is 7.34. The summed E-state index contributed by atoms with van der Waals surface area (Å²) in [5.74, 6) is 1.08. The minimum absolute atomic E-state index is 0.117. The maximum absolute atomic E-state index is 13.3. The van der Waals surface area contributed by atoms with Gasteiger partial charge in [-0.05, 0) is 54.5 Å². The van der Waals surface area contributed by atoms with E-state index in [-0.39, 0.29) is 18.4 Å². The van der Waals surface area contributed by atoms with Gasteiger partial charge in [-0.1, -0.05) is 42.5 Å². The van der Waals surface area contributed by atoms with Gasteiger partial charge in [0.15, 0.2) is 17.3 Å². The van der Waals surface area contributed by atoms with Crippen molar-refractivity contribution in [2.24, 2.45) is 0 Å². The average molecular weight is 409 g/mol. The van der Waals surface area contributed by atoms with E-state index >= 15 is 0 Å². The van der Waals surface area contributed by atoms with E-state index in [0.717, 1.165) is 11.1 Å². The number of aromatic nitrogens is 1. The summed E-state index contributed by atoms with van der Waals surface area (Å²) < 4.78 is 12.6. The van der Waals surface area contributed by atoms with Crippen molar-refractivity contribution in [1.82, 2.24) is 4.40 Å². The number of allylic oxidation sites excluding steroid dienone is 1. The molecule has 0 unspecified atom stereocenters. The van der Waals surface area contributed by atoms with E-state index in [9.17, 15) is 9.59 Å². The van der Waals surface area contributed by atoms with Crippen LogP contribution in [0.15, 0.2) is 79.0 Å². The third-order valence-electron chi connectivity index (χ3n) is 5.41. The number of nitrogens with zero attached hydrogens (tertiary/aromatic N) is 1. The Kier molecular flexibility index (Phi) is 4.64. The molecule has 0 bridgehead atoms. The highest BCUT2D eigenvalue weighted by Gasteiger charge is 2.20. The Morgan fingerprint density at radius 1 is 0.935 bits per heavy atom. The average Bonchev–Trinajstić information content (AvgIpc) is 3.46. The van der Waals surface area contributed by atoms with Crippen molar-refractivity contribution in [2.75, 3.05) is 6.79 Å². The van der Waals surface area contributed by atoms with Gasteiger partial charge in [0, 0.05) is 22.8 Å². The molecule has 0 spiro atoms. The molecule has 0 aliphatic carbocycles. The quantitative estimate of drug-likeness (QED) is 0.340. The van der Waals surface area contributed by atoms with Gasteiger partial charge in [0.05, 0.1) is 5.69 Å². The molecule has 0 fully saturated rings. The molecule has 5 nitrogen and oxygen atoms in total. The van der Waals surface area contributed by atoms with Crippen LogP contribution in [0.4, 0.5) is 0 Å². The monoisotopic (exact) mass is 409 g/mol. The molecule has 2 aromatic heterocycles. The Bertz CT molecular complexity index is 1350. The highest BCUT2D eigenvalue weighted by molar-refractivity contribution is 6.14. The van der Waals surface area contributed by atoms with E-state index in [2.05, 4.69) is 0 Å². The molecule has 0 atom stereocenters. The first-order valence-corrected chi connectivity index (χ1v) is 9.94. The number of carbonyl (C=O) groups is 2. The summed E-state index contributed by atoms with van der Waals surface area (Å²) in [5.41, 5.74) is 3.86. The molecule has 0 N–H and O–H groups in total. The first-order valence-electron chi connectivity index (χ1n) is 9.94. The zero-order valence-corrected chi connectivity index (χ0v) is 16.9. The van der Waals surface area contributed by atoms with E-state index in [4.69, 9.17) is 9.47 Å². The molecule has 0 saturated carbocycles.